The standard InChI is InChI=1S/C21H29N3O/c1-14-8-15(2)10-18(9-14)24-16(3)11-19(17(24)4)20(25)23-7-6-21(5,12-22)13-23/h8-11H,6-7,12-13,22H2,1-5H3. The summed E-state index contributed by atoms with van der Waals surface area (Å²) in [6.45, 7) is 12.6. The number of nitrogens with zero attached hydrogens (tertiary/aromatic N) is 2. The molecule has 1 aromatic heterocycles. The molecule has 1 atom stereocenters. The molecule has 3 rings (SSSR count). The Morgan fingerprint density at radius 1 is 1.12 bits per heavy atom. The summed E-state index contributed by atoms with van der Waals surface area (Å²) in [6, 6.07) is 8.53. The van der Waals surface area contributed by atoms with Gasteiger partial charge < -0.3 is 15.2 Å². The topological polar surface area (TPSA) is 51.3 Å². The lowest BCUT2D eigenvalue weighted by molar-refractivity contribution is 0.0776. The van der Waals surface area contributed by atoms with E-state index in [0.717, 1.165) is 42.1 Å². The van der Waals surface area contributed by atoms with Crippen molar-refractivity contribution in [3.8, 4) is 5.69 Å². The van der Waals surface area contributed by atoms with E-state index in [1.54, 1.807) is 0 Å². The molecule has 25 heavy (non-hydrogen) atoms. The molecule has 134 valence electrons. The Morgan fingerprint density at radius 2 is 1.76 bits per heavy atom. The van der Waals surface area contributed by atoms with Crippen molar-refractivity contribution in [2.24, 2.45) is 11.1 Å². The number of hydrogen-bond donors (Lipinski definition) is 1. The second-order valence-electron chi connectivity index (χ2n) is 7.96. The number of aryl methyl sites for hydroxylation is 3. The Hall–Kier alpha value is -2.07. The molecule has 1 unspecified atom stereocenters. The molecule has 1 amide bonds. The van der Waals surface area contributed by atoms with E-state index in [1.165, 1.54) is 11.1 Å². The van der Waals surface area contributed by atoms with Crippen molar-refractivity contribution in [3.05, 3.63) is 52.3 Å². The molecule has 1 fully saturated rings. The number of likely N-dealkylation sites (tertiary alicyclic amines) is 1. The molecule has 4 nitrogen and oxygen atoms in total. The Kier molecular flexibility index (Phi) is 4.50. The highest BCUT2D eigenvalue weighted by molar-refractivity contribution is 5.96. The molecule has 0 saturated carbocycles. The predicted molar refractivity (Wildman–Crippen MR) is 102 cm³/mol. The molecule has 1 aliphatic heterocycles. The zero-order valence-corrected chi connectivity index (χ0v) is 16.0. The maximum Gasteiger partial charge on any atom is 0.255 e. The summed E-state index contributed by atoms with van der Waals surface area (Å²) in [5, 5.41) is 0. The van der Waals surface area contributed by atoms with Crippen LogP contribution in [0.3, 0.4) is 0 Å². The first-order valence-electron chi connectivity index (χ1n) is 9.01. The van der Waals surface area contributed by atoms with Gasteiger partial charge in [-0.1, -0.05) is 13.0 Å². The number of aromatic nitrogens is 1. The van der Waals surface area contributed by atoms with Crippen molar-refractivity contribution < 1.29 is 4.79 Å². The quantitative estimate of drug-likeness (QED) is 0.930. The molecular weight excluding hydrogens is 310 g/mol. The second-order valence-corrected chi connectivity index (χ2v) is 7.96. The molecule has 2 N–H and O–H groups in total. The average Bonchev–Trinajstić information content (AvgIpc) is 3.07. The Balaban J connectivity index is 1.96. The molecule has 2 aromatic rings. The molecular formula is C21H29N3O. The fraction of sp³-hybridized carbons (Fsp3) is 0.476. The van der Waals surface area contributed by atoms with Gasteiger partial charge in [0.1, 0.15) is 0 Å². The highest BCUT2D eigenvalue weighted by Crippen LogP contribution is 2.31. The van der Waals surface area contributed by atoms with Crippen LogP contribution in [0.4, 0.5) is 0 Å². The minimum absolute atomic E-state index is 0.0504. The van der Waals surface area contributed by atoms with E-state index < -0.39 is 0 Å². The third-order valence-corrected chi connectivity index (χ3v) is 5.46. The molecule has 0 aliphatic carbocycles. The molecule has 0 radical (unpaired) electrons. The molecule has 2 heterocycles. The Labute approximate surface area is 150 Å². The van der Waals surface area contributed by atoms with Crippen LogP contribution in [0, 0.1) is 33.1 Å². The molecule has 0 bridgehead atoms. The van der Waals surface area contributed by atoms with Crippen LogP contribution in [-0.4, -0.2) is 35.0 Å². The predicted octanol–water partition coefficient (Wildman–Crippen LogP) is 3.52. The lowest BCUT2D eigenvalue weighted by Gasteiger charge is -2.22. The van der Waals surface area contributed by atoms with Gasteiger partial charge in [0.05, 0.1) is 5.56 Å². The van der Waals surface area contributed by atoms with Gasteiger partial charge in [-0.05, 0) is 75.4 Å². The van der Waals surface area contributed by atoms with E-state index in [1.807, 2.05) is 17.9 Å². The van der Waals surface area contributed by atoms with Gasteiger partial charge in [0.15, 0.2) is 0 Å². The summed E-state index contributed by atoms with van der Waals surface area (Å²) in [5.74, 6) is 0.126. The number of rotatable bonds is 3. The highest BCUT2D eigenvalue weighted by atomic mass is 16.2. The van der Waals surface area contributed by atoms with Crippen molar-refractivity contribution in [2.75, 3.05) is 19.6 Å². The van der Waals surface area contributed by atoms with E-state index in [2.05, 4.69) is 50.5 Å². The molecule has 1 saturated heterocycles. The first-order valence-corrected chi connectivity index (χ1v) is 9.01. The van der Waals surface area contributed by atoms with E-state index in [0.29, 0.717) is 6.54 Å². The van der Waals surface area contributed by atoms with Crippen LogP contribution in [0.1, 0.15) is 46.2 Å². The number of hydrogen-bond acceptors (Lipinski definition) is 2. The monoisotopic (exact) mass is 339 g/mol. The summed E-state index contributed by atoms with van der Waals surface area (Å²) < 4.78 is 2.19. The fourth-order valence-corrected chi connectivity index (χ4v) is 3.99. The smallest absolute Gasteiger partial charge is 0.255 e. The third-order valence-electron chi connectivity index (χ3n) is 5.46. The largest absolute Gasteiger partial charge is 0.338 e. The van der Waals surface area contributed by atoms with Gasteiger partial charge in [-0.15, -0.1) is 0 Å². The zero-order chi connectivity index (χ0) is 18.4. The van der Waals surface area contributed by atoms with E-state index in [9.17, 15) is 4.79 Å². The van der Waals surface area contributed by atoms with Gasteiger partial charge in [0, 0.05) is 30.2 Å². The van der Waals surface area contributed by atoms with Crippen LogP contribution in [-0.2, 0) is 0 Å². The van der Waals surface area contributed by atoms with E-state index in [-0.39, 0.29) is 11.3 Å². The Bertz CT molecular complexity index is 801. The van der Waals surface area contributed by atoms with E-state index in [4.69, 9.17) is 5.73 Å². The van der Waals surface area contributed by atoms with Crippen LogP contribution in [0.5, 0.6) is 0 Å². The number of benzene rings is 1. The molecule has 1 aliphatic rings. The zero-order valence-electron chi connectivity index (χ0n) is 16.0. The lowest BCUT2D eigenvalue weighted by atomic mass is 9.90. The van der Waals surface area contributed by atoms with Crippen molar-refractivity contribution in [1.82, 2.24) is 9.47 Å². The summed E-state index contributed by atoms with van der Waals surface area (Å²) in [6.07, 6.45) is 0.977. The number of carbonyl (C=O) groups excluding carboxylic acids is 1. The van der Waals surface area contributed by atoms with Crippen molar-refractivity contribution in [3.63, 3.8) is 0 Å². The first kappa shape index (κ1) is 17.7. The van der Waals surface area contributed by atoms with Gasteiger partial charge in [-0.25, -0.2) is 0 Å². The summed E-state index contributed by atoms with van der Waals surface area (Å²) in [5.41, 5.74) is 12.4. The maximum atomic E-state index is 13.1. The molecule has 4 heteroatoms. The van der Waals surface area contributed by atoms with E-state index >= 15 is 0 Å². The fourth-order valence-electron chi connectivity index (χ4n) is 3.99. The van der Waals surface area contributed by atoms with Crippen LogP contribution in [0.15, 0.2) is 24.3 Å². The minimum atomic E-state index is 0.0504. The lowest BCUT2D eigenvalue weighted by Crippen LogP contribution is -2.34. The molecule has 0 spiro atoms. The Morgan fingerprint density at radius 3 is 2.32 bits per heavy atom. The van der Waals surface area contributed by atoms with Gasteiger partial charge in [-0.3, -0.25) is 4.79 Å². The molecule has 1 aromatic carbocycles. The summed E-state index contributed by atoms with van der Waals surface area (Å²) in [4.78, 5) is 15.0. The second kappa shape index (κ2) is 6.34. The minimum Gasteiger partial charge on any atom is -0.338 e. The third kappa shape index (κ3) is 3.23. The van der Waals surface area contributed by atoms with Crippen LogP contribution in [0.25, 0.3) is 5.69 Å². The van der Waals surface area contributed by atoms with Crippen LogP contribution in [0.2, 0.25) is 0 Å². The number of carbonyl (C=O) groups is 1. The normalized spacial score (nSPS) is 20.3. The SMILES string of the molecule is Cc1cc(C)cc(-n2c(C)cc(C(=O)N3CCC(C)(CN)C3)c2C)c1. The van der Waals surface area contributed by atoms with Crippen molar-refractivity contribution >= 4 is 5.91 Å². The average molecular weight is 339 g/mol. The summed E-state index contributed by atoms with van der Waals surface area (Å²) in [7, 11) is 0. The highest BCUT2D eigenvalue weighted by Gasteiger charge is 2.36. The van der Waals surface area contributed by atoms with Gasteiger partial charge in [0.25, 0.3) is 5.91 Å². The first-order chi connectivity index (χ1) is 11.7. The maximum absolute atomic E-state index is 13.1. The number of amides is 1. The van der Waals surface area contributed by atoms with Gasteiger partial charge in [0.2, 0.25) is 0 Å². The van der Waals surface area contributed by atoms with Gasteiger partial charge >= 0.3 is 0 Å². The van der Waals surface area contributed by atoms with Crippen LogP contribution >= 0.6 is 0 Å². The van der Waals surface area contributed by atoms with Crippen LogP contribution < -0.4 is 5.73 Å². The van der Waals surface area contributed by atoms with Crippen molar-refractivity contribution in [1.29, 1.82) is 0 Å². The summed E-state index contributed by atoms with van der Waals surface area (Å²) >= 11 is 0. The van der Waals surface area contributed by atoms with Gasteiger partial charge in [-0.2, -0.15) is 0 Å². The number of nitrogens with two attached hydrogens (primary N) is 1. The van der Waals surface area contributed by atoms with Crippen molar-refractivity contribution in [2.45, 2.75) is 41.0 Å².